The van der Waals surface area contributed by atoms with Crippen LogP contribution < -0.4 is 9.55 Å². The molecule has 0 fully saturated rings. The average molecular weight is 254 g/mol. The Bertz CT molecular complexity index is 570. The van der Waals surface area contributed by atoms with Crippen molar-refractivity contribution in [3.05, 3.63) is 60.7 Å². The topological polar surface area (TPSA) is 35.8 Å². The Morgan fingerprint density at radius 3 is 2.26 bits per heavy atom. The highest BCUT2D eigenvalue weighted by molar-refractivity contribution is 5.73. The molecule has 0 aliphatic carbocycles. The number of anilines is 1. The molecule has 0 spiro atoms. The maximum Gasteiger partial charge on any atom is 0.226 e. The van der Waals surface area contributed by atoms with Crippen molar-refractivity contribution in [2.45, 2.75) is 0 Å². The van der Waals surface area contributed by atoms with Gasteiger partial charge in [-0.1, -0.05) is 41.0 Å². The second-order valence-corrected chi connectivity index (χ2v) is 4.62. The molecule has 2 aromatic carbocycles. The van der Waals surface area contributed by atoms with Crippen LogP contribution in [-0.2, 0) is 0 Å². The normalized spacial score (nSPS) is 22.5. The summed E-state index contributed by atoms with van der Waals surface area (Å²) in [4.78, 5) is 6.34. The monoisotopic (exact) mass is 254 g/mol. The highest BCUT2D eigenvalue weighted by Gasteiger charge is 2.33. The largest absolute Gasteiger partial charge is 0.302 e. The molecule has 1 aliphatic rings. The van der Waals surface area contributed by atoms with E-state index in [0.717, 1.165) is 11.4 Å². The molecule has 1 atom stereocenters. The molecule has 0 saturated heterocycles. The van der Waals surface area contributed by atoms with E-state index >= 15 is 0 Å². The first kappa shape index (κ1) is 11.9. The Labute approximate surface area is 112 Å². The van der Waals surface area contributed by atoms with Gasteiger partial charge in [0, 0.05) is 17.8 Å². The van der Waals surface area contributed by atoms with Crippen LogP contribution in [0.5, 0.6) is 0 Å². The predicted molar refractivity (Wildman–Crippen MR) is 77.2 cm³/mol. The minimum Gasteiger partial charge on any atom is -0.302 e. The number of aliphatic imine (C=N–C) groups is 1. The Kier molecular flexibility index (Phi) is 3.03. The molecule has 0 saturated carbocycles. The number of hydroxylamine groups is 2. The maximum absolute atomic E-state index is 10.7. The lowest BCUT2D eigenvalue weighted by Gasteiger charge is -2.34. The first-order chi connectivity index (χ1) is 9.28. The summed E-state index contributed by atoms with van der Waals surface area (Å²) >= 11 is 0. The van der Waals surface area contributed by atoms with E-state index in [1.807, 2.05) is 65.6 Å². The van der Waals surface area contributed by atoms with Crippen LogP contribution in [0.4, 0.5) is 11.4 Å². The van der Waals surface area contributed by atoms with Crippen molar-refractivity contribution in [2.75, 3.05) is 18.2 Å². The number of hydrogen-bond donors (Lipinski definition) is 1. The Morgan fingerprint density at radius 2 is 1.58 bits per heavy atom. The van der Waals surface area contributed by atoms with Crippen molar-refractivity contribution in [3.8, 4) is 0 Å². The fourth-order valence-electron chi connectivity index (χ4n) is 2.25. The van der Waals surface area contributed by atoms with Crippen LogP contribution in [0.3, 0.4) is 0 Å². The highest BCUT2D eigenvalue weighted by Crippen LogP contribution is 2.24. The summed E-state index contributed by atoms with van der Waals surface area (Å²) in [7, 11) is 0. The Hall–Kier alpha value is -2.17. The van der Waals surface area contributed by atoms with E-state index in [1.165, 1.54) is 0 Å². The fourth-order valence-corrected chi connectivity index (χ4v) is 2.25. The Morgan fingerprint density at radius 1 is 0.947 bits per heavy atom. The van der Waals surface area contributed by atoms with Gasteiger partial charge < -0.3 is 4.90 Å². The van der Waals surface area contributed by atoms with Gasteiger partial charge in [-0.3, -0.25) is 0 Å². The molecule has 1 unspecified atom stereocenters. The molecule has 4 heteroatoms. The third-order valence-corrected chi connectivity index (χ3v) is 3.24. The number of hydrogen-bond acceptors (Lipinski definition) is 3. The molecule has 2 aromatic rings. The maximum atomic E-state index is 10.7. The molecule has 3 rings (SSSR count). The van der Waals surface area contributed by atoms with Crippen LogP contribution in [0.1, 0.15) is 0 Å². The summed E-state index contributed by atoms with van der Waals surface area (Å²) in [6.45, 7) is 1.02. The van der Waals surface area contributed by atoms with Crippen molar-refractivity contribution in [3.63, 3.8) is 0 Å². The lowest BCUT2D eigenvalue weighted by Crippen LogP contribution is -2.55. The van der Waals surface area contributed by atoms with Gasteiger partial charge in [-0.25, -0.2) is 10.2 Å². The minimum atomic E-state index is -0.296. The second-order valence-electron chi connectivity index (χ2n) is 4.62. The van der Waals surface area contributed by atoms with Crippen molar-refractivity contribution in [2.24, 2.45) is 4.99 Å². The summed E-state index contributed by atoms with van der Waals surface area (Å²) < 4.78 is -0.296. The van der Waals surface area contributed by atoms with Crippen LogP contribution in [0.25, 0.3) is 0 Å². The smallest absolute Gasteiger partial charge is 0.226 e. The quantitative estimate of drug-likeness (QED) is 0.836. The molecular weight excluding hydrogens is 238 g/mol. The van der Waals surface area contributed by atoms with E-state index < -0.39 is 0 Å². The summed E-state index contributed by atoms with van der Waals surface area (Å²) in [5, 5.41) is 10.7. The third kappa shape index (κ3) is 2.36. The van der Waals surface area contributed by atoms with Crippen LogP contribution in [0, 0.1) is 0 Å². The molecule has 1 heterocycles. The molecule has 1 N–H and O–H groups in total. The zero-order valence-electron chi connectivity index (χ0n) is 10.6. The molecule has 19 heavy (non-hydrogen) atoms. The van der Waals surface area contributed by atoms with Crippen molar-refractivity contribution in [1.82, 2.24) is 4.65 Å². The van der Waals surface area contributed by atoms with Gasteiger partial charge in [0.15, 0.2) is 12.4 Å². The lowest BCUT2D eigenvalue weighted by atomic mass is 10.2. The Balaban J connectivity index is 1.90. The number of rotatable bonds is 2. The first-order valence-electron chi connectivity index (χ1n) is 6.25. The summed E-state index contributed by atoms with van der Waals surface area (Å²) in [5.74, 6) is 0. The molecule has 0 amide bonds. The van der Waals surface area contributed by atoms with E-state index in [4.69, 9.17) is 0 Å². The average Bonchev–Trinajstić information content (AvgIpc) is 2.49. The molecule has 0 bridgehead atoms. The van der Waals surface area contributed by atoms with Crippen LogP contribution in [-0.4, -0.2) is 24.9 Å². The van der Waals surface area contributed by atoms with E-state index in [-0.39, 0.29) is 4.65 Å². The van der Waals surface area contributed by atoms with Gasteiger partial charge in [0.05, 0.1) is 0 Å². The van der Waals surface area contributed by atoms with Gasteiger partial charge in [-0.15, -0.1) is 0 Å². The van der Waals surface area contributed by atoms with Crippen molar-refractivity contribution < 1.29 is 5.21 Å². The molecule has 4 nitrogen and oxygen atoms in total. The van der Waals surface area contributed by atoms with E-state index in [1.54, 1.807) is 6.34 Å². The number of para-hydroxylation sites is 2. The summed E-state index contributed by atoms with van der Waals surface area (Å²) in [6.07, 6.45) is 1.59. The SMILES string of the molecule is O[N+]1(c2ccccc2)C=NCN(c2ccccc2)C1. The summed E-state index contributed by atoms with van der Waals surface area (Å²) in [5.41, 5.74) is 1.87. The van der Waals surface area contributed by atoms with Crippen LogP contribution >= 0.6 is 0 Å². The zero-order chi connectivity index (χ0) is 13.1. The standard InChI is InChI=1S/C15H16N3O/c19-18(15-9-5-2-6-10-15)12-16-11-17(13-18)14-7-3-1-4-8-14/h1-10,12,19H,11,13H2/q+1. The zero-order valence-corrected chi connectivity index (χ0v) is 10.6. The molecule has 1 aliphatic heterocycles. The highest BCUT2D eigenvalue weighted by atomic mass is 16.5. The predicted octanol–water partition coefficient (Wildman–Crippen LogP) is 2.85. The number of nitrogens with zero attached hydrogens (tertiary/aromatic N) is 3. The van der Waals surface area contributed by atoms with Crippen molar-refractivity contribution in [1.29, 1.82) is 0 Å². The van der Waals surface area contributed by atoms with Gasteiger partial charge in [-0.05, 0) is 12.1 Å². The van der Waals surface area contributed by atoms with Gasteiger partial charge >= 0.3 is 0 Å². The van der Waals surface area contributed by atoms with Crippen molar-refractivity contribution >= 4 is 17.7 Å². The second kappa shape index (κ2) is 4.84. The molecule has 0 aromatic heterocycles. The van der Waals surface area contributed by atoms with Gasteiger partial charge in [0.2, 0.25) is 6.34 Å². The molecule has 96 valence electrons. The van der Waals surface area contributed by atoms with Gasteiger partial charge in [0.25, 0.3) is 0 Å². The van der Waals surface area contributed by atoms with Gasteiger partial charge in [0.1, 0.15) is 6.67 Å². The number of quaternary nitrogens is 1. The number of benzene rings is 2. The molecular formula is C15H16N3O+. The lowest BCUT2D eigenvalue weighted by molar-refractivity contribution is -0.00408. The molecule has 0 radical (unpaired) electrons. The first-order valence-corrected chi connectivity index (χ1v) is 6.25. The van der Waals surface area contributed by atoms with E-state index in [2.05, 4.69) is 4.99 Å². The fraction of sp³-hybridized carbons (Fsp3) is 0.133. The minimum absolute atomic E-state index is 0.296. The van der Waals surface area contributed by atoms with E-state index in [0.29, 0.717) is 13.3 Å². The van der Waals surface area contributed by atoms with E-state index in [9.17, 15) is 5.21 Å². The summed E-state index contributed by atoms with van der Waals surface area (Å²) in [6, 6.07) is 19.6. The van der Waals surface area contributed by atoms with Crippen LogP contribution in [0.15, 0.2) is 65.7 Å². The van der Waals surface area contributed by atoms with Gasteiger partial charge in [-0.2, -0.15) is 0 Å². The van der Waals surface area contributed by atoms with Crippen LogP contribution in [0.2, 0.25) is 0 Å². The third-order valence-electron chi connectivity index (χ3n) is 3.24.